The highest BCUT2D eigenvalue weighted by Crippen LogP contribution is 2.34. The van der Waals surface area contributed by atoms with Crippen LogP contribution in [0.3, 0.4) is 0 Å². The summed E-state index contributed by atoms with van der Waals surface area (Å²) in [7, 11) is 0. The highest BCUT2D eigenvalue weighted by molar-refractivity contribution is 9.10. The molecule has 0 saturated carbocycles. The zero-order valence-corrected chi connectivity index (χ0v) is 13.1. The highest BCUT2D eigenvalue weighted by Gasteiger charge is 2.30. The fourth-order valence-corrected chi connectivity index (χ4v) is 3.74. The molecule has 0 amide bonds. The van der Waals surface area contributed by atoms with Gasteiger partial charge in [0.25, 0.3) is 0 Å². The van der Waals surface area contributed by atoms with Gasteiger partial charge in [0.15, 0.2) is 0 Å². The normalized spacial score (nSPS) is 12.0. The Hall–Kier alpha value is -1.33. The fourth-order valence-electron chi connectivity index (χ4n) is 2.21. The van der Waals surface area contributed by atoms with Gasteiger partial charge in [-0.25, -0.2) is 0 Å². The minimum atomic E-state index is -4.29. The van der Waals surface area contributed by atoms with E-state index in [0.717, 1.165) is 32.1 Å². The molecule has 0 bridgehead atoms. The molecule has 0 aliphatic carbocycles. The molecule has 1 heterocycles. The third kappa shape index (κ3) is 3.30. The van der Waals surface area contributed by atoms with E-state index in [-0.39, 0.29) is 0 Å². The van der Waals surface area contributed by atoms with Gasteiger partial charge in [-0.3, -0.25) is 0 Å². The molecule has 0 unspecified atom stereocenters. The minimum absolute atomic E-state index is 0.596. The van der Waals surface area contributed by atoms with Crippen molar-refractivity contribution in [2.24, 2.45) is 0 Å². The van der Waals surface area contributed by atoms with Crippen molar-refractivity contribution in [1.29, 1.82) is 0 Å². The van der Waals surface area contributed by atoms with Gasteiger partial charge < -0.3 is 0 Å². The van der Waals surface area contributed by atoms with Gasteiger partial charge in [0.05, 0.1) is 5.56 Å². The van der Waals surface area contributed by atoms with E-state index in [9.17, 15) is 13.2 Å². The van der Waals surface area contributed by atoms with Crippen LogP contribution in [-0.2, 0) is 12.6 Å². The van der Waals surface area contributed by atoms with Crippen LogP contribution in [0.5, 0.6) is 0 Å². The Morgan fingerprint density at radius 3 is 2.52 bits per heavy atom. The van der Waals surface area contributed by atoms with Gasteiger partial charge in [-0.2, -0.15) is 13.2 Å². The molecule has 0 fully saturated rings. The SMILES string of the molecule is FC(F)(F)c1ccc2sc(Cc3cccc(Br)c3)cc2c1. The highest BCUT2D eigenvalue weighted by atomic mass is 79.9. The largest absolute Gasteiger partial charge is 0.416 e. The molecule has 0 atom stereocenters. The van der Waals surface area contributed by atoms with E-state index >= 15 is 0 Å². The molecular formula is C16H10BrF3S. The predicted octanol–water partition coefficient (Wildman–Crippen LogP) is 6.27. The van der Waals surface area contributed by atoms with Crippen LogP contribution in [0, 0.1) is 0 Å². The number of fused-ring (bicyclic) bond motifs is 1. The summed E-state index contributed by atoms with van der Waals surface area (Å²) in [6, 6.07) is 13.7. The van der Waals surface area contributed by atoms with E-state index in [0.29, 0.717) is 5.39 Å². The Kier molecular flexibility index (Phi) is 3.80. The van der Waals surface area contributed by atoms with Crippen LogP contribution in [0.2, 0.25) is 0 Å². The van der Waals surface area contributed by atoms with Crippen molar-refractivity contribution in [3.8, 4) is 0 Å². The van der Waals surface area contributed by atoms with Gasteiger partial charge in [0.1, 0.15) is 0 Å². The summed E-state index contributed by atoms with van der Waals surface area (Å²) < 4.78 is 40.0. The Bertz CT molecular complexity index is 790. The van der Waals surface area contributed by atoms with Gasteiger partial charge in [0.2, 0.25) is 0 Å². The first-order valence-electron chi connectivity index (χ1n) is 6.26. The minimum Gasteiger partial charge on any atom is -0.166 e. The molecule has 1 aromatic heterocycles. The molecule has 0 N–H and O–H groups in total. The number of thiophene rings is 1. The summed E-state index contributed by atoms with van der Waals surface area (Å²) in [4.78, 5) is 1.06. The van der Waals surface area contributed by atoms with E-state index < -0.39 is 11.7 Å². The van der Waals surface area contributed by atoms with Crippen molar-refractivity contribution in [2.75, 3.05) is 0 Å². The van der Waals surface area contributed by atoms with Gasteiger partial charge in [0, 0.05) is 20.5 Å². The van der Waals surface area contributed by atoms with Crippen LogP contribution in [-0.4, -0.2) is 0 Å². The maximum Gasteiger partial charge on any atom is 0.416 e. The number of rotatable bonds is 2. The van der Waals surface area contributed by atoms with E-state index in [2.05, 4.69) is 15.9 Å². The van der Waals surface area contributed by atoms with Crippen LogP contribution >= 0.6 is 27.3 Å². The van der Waals surface area contributed by atoms with Crippen molar-refractivity contribution in [3.63, 3.8) is 0 Å². The van der Waals surface area contributed by atoms with Gasteiger partial charge in [-0.1, -0.05) is 28.1 Å². The van der Waals surface area contributed by atoms with E-state index in [4.69, 9.17) is 0 Å². The molecule has 0 aliphatic rings. The maximum absolute atomic E-state index is 12.7. The van der Waals surface area contributed by atoms with Crippen molar-refractivity contribution in [2.45, 2.75) is 12.6 Å². The lowest BCUT2D eigenvalue weighted by molar-refractivity contribution is -0.137. The van der Waals surface area contributed by atoms with E-state index in [1.54, 1.807) is 6.07 Å². The summed E-state index contributed by atoms with van der Waals surface area (Å²) in [5, 5.41) is 0.653. The Morgan fingerprint density at radius 2 is 1.81 bits per heavy atom. The number of hydrogen-bond donors (Lipinski definition) is 0. The molecular weight excluding hydrogens is 361 g/mol. The standard InChI is InChI=1S/C16H10BrF3S/c17-13-3-1-2-10(6-13)7-14-9-11-8-12(16(18,19)20)4-5-15(11)21-14/h1-6,8-9H,7H2. The quantitative estimate of drug-likeness (QED) is 0.498. The molecule has 3 aromatic rings. The van der Waals surface area contributed by atoms with Gasteiger partial charge >= 0.3 is 6.18 Å². The number of benzene rings is 2. The smallest absolute Gasteiger partial charge is 0.166 e. The molecule has 0 spiro atoms. The summed E-state index contributed by atoms with van der Waals surface area (Å²) in [6.45, 7) is 0. The maximum atomic E-state index is 12.7. The third-order valence-electron chi connectivity index (χ3n) is 3.16. The Morgan fingerprint density at radius 1 is 1.00 bits per heavy atom. The van der Waals surface area contributed by atoms with Crippen LogP contribution in [0.15, 0.2) is 53.0 Å². The number of halogens is 4. The predicted molar refractivity (Wildman–Crippen MR) is 83.8 cm³/mol. The molecule has 3 rings (SSSR count). The lowest BCUT2D eigenvalue weighted by atomic mass is 10.1. The van der Waals surface area contributed by atoms with Crippen molar-refractivity contribution >= 4 is 37.4 Å². The zero-order chi connectivity index (χ0) is 15.0. The van der Waals surface area contributed by atoms with Crippen molar-refractivity contribution in [3.05, 3.63) is 69.0 Å². The molecule has 0 saturated heterocycles. The molecule has 0 radical (unpaired) electrons. The molecule has 0 nitrogen and oxygen atoms in total. The summed E-state index contributed by atoms with van der Waals surface area (Å²) >= 11 is 4.95. The molecule has 0 aliphatic heterocycles. The van der Waals surface area contributed by atoms with Crippen LogP contribution < -0.4 is 0 Å². The van der Waals surface area contributed by atoms with E-state index in [1.807, 2.05) is 30.3 Å². The van der Waals surface area contributed by atoms with Crippen molar-refractivity contribution in [1.82, 2.24) is 0 Å². The second-order valence-electron chi connectivity index (χ2n) is 4.77. The summed E-state index contributed by atoms with van der Waals surface area (Å²) in [5.41, 5.74) is 0.536. The third-order valence-corrected chi connectivity index (χ3v) is 4.77. The van der Waals surface area contributed by atoms with Gasteiger partial charge in [-0.15, -0.1) is 11.3 Å². The zero-order valence-electron chi connectivity index (χ0n) is 10.7. The first kappa shape index (κ1) is 14.6. The monoisotopic (exact) mass is 370 g/mol. The first-order chi connectivity index (χ1) is 9.91. The van der Waals surface area contributed by atoms with Crippen LogP contribution in [0.4, 0.5) is 13.2 Å². The van der Waals surface area contributed by atoms with Crippen LogP contribution in [0.25, 0.3) is 10.1 Å². The summed E-state index contributed by atoms with van der Waals surface area (Å²) in [6.07, 6.45) is -3.57. The fraction of sp³-hybridized carbons (Fsp3) is 0.125. The van der Waals surface area contributed by atoms with Crippen molar-refractivity contribution < 1.29 is 13.2 Å². The average Bonchev–Trinajstić information content (AvgIpc) is 2.78. The molecule has 5 heteroatoms. The van der Waals surface area contributed by atoms with Gasteiger partial charge in [-0.05, 0) is 47.3 Å². The number of alkyl halides is 3. The molecule has 2 aromatic carbocycles. The second-order valence-corrected chi connectivity index (χ2v) is 6.85. The molecule has 108 valence electrons. The summed E-state index contributed by atoms with van der Waals surface area (Å²) in [5.74, 6) is 0. The lowest BCUT2D eigenvalue weighted by Crippen LogP contribution is -2.03. The first-order valence-corrected chi connectivity index (χ1v) is 7.87. The topological polar surface area (TPSA) is 0 Å². The van der Waals surface area contributed by atoms with E-state index in [1.165, 1.54) is 17.4 Å². The second kappa shape index (κ2) is 5.46. The molecule has 21 heavy (non-hydrogen) atoms. The van der Waals surface area contributed by atoms with Crippen LogP contribution in [0.1, 0.15) is 16.0 Å². The average molecular weight is 371 g/mol. The number of hydrogen-bond acceptors (Lipinski definition) is 1. The Labute approximate surface area is 132 Å². The Balaban J connectivity index is 1.94. The lowest BCUT2D eigenvalue weighted by Gasteiger charge is -2.05.